The maximum atomic E-state index is 13.4. The maximum absolute atomic E-state index is 13.4. The minimum atomic E-state index is -3.49. The first kappa shape index (κ1) is 13.5. The zero-order valence-corrected chi connectivity index (χ0v) is 8.72. The molecule has 94 valence electrons. The van der Waals surface area contributed by atoms with Gasteiger partial charge in [0.25, 0.3) is 5.92 Å². The lowest BCUT2D eigenvalue weighted by Gasteiger charge is -2.16. The molecular weight excluding hydrogens is 240 g/mol. The topological polar surface area (TPSA) is 37.3 Å². The summed E-state index contributed by atoms with van der Waals surface area (Å²) in [6.07, 6.45) is -1.49. The summed E-state index contributed by atoms with van der Waals surface area (Å²) < 4.78 is 52.5. The molecule has 0 bridgehead atoms. The first-order chi connectivity index (χ1) is 7.83. The molecule has 0 saturated heterocycles. The summed E-state index contributed by atoms with van der Waals surface area (Å²) in [6, 6.07) is 1.79. The van der Waals surface area contributed by atoms with Crippen molar-refractivity contribution >= 4 is 5.97 Å². The van der Waals surface area contributed by atoms with Gasteiger partial charge in [-0.05, 0) is 18.6 Å². The van der Waals surface area contributed by atoms with Crippen LogP contribution in [-0.2, 0) is 10.7 Å². The number of hydrogen-bond donors (Lipinski definition) is 1. The van der Waals surface area contributed by atoms with E-state index in [1.165, 1.54) is 0 Å². The first-order valence-corrected chi connectivity index (χ1v) is 4.88. The molecule has 6 heteroatoms. The molecule has 0 aromatic heterocycles. The Labute approximate surface area is 94.9 Å². The van der Waals surface area contributed by atoms with Crippen molar-refractivity contribution in [1.82, 2.24) is 0 Å². The molecule has 2 nitrogen and oxygen atoms in total. The molecule has 0 radical (unpaired) electrons. The molecule has 0 spiro atoms. The first-order valence-electron chi connectivity index (χ1n) is 4.88. The third-order valence-corrected chi connectivity index (χ3v) is 2.21. The Morgan fingerprint density at radius 1 is 1.29 bits per heavy atom. The van der Waals surface area contributed by atoms with Crippen LogP contribution in [-0.4, -0.2) is 11.1 Å². The zero-order chi connectivity index (χ0) is 13.1. The van der Waals surface area contributed by atoms with Gasteiger partial charge in [0.05, 0.1) is 5.56 Å². The van der Waals surface area contributed by atoms with Crippen LogP contribution in [0.25, 0.3) is 0 Å². The molecule has 0 heterocycles. The van der Waals surface area contributed by atoms with E-state index in [2.05, 4.69) is 0 Å². The highest BCUT2D eigenvalue weighted by atomic mass is 19.3. The van der Waals surface area contributed by atoms with E-state index in [4.69, 9.17) is 5.11 Å². The number of alkyl halides is 2. The second-order valence-corrected chi connectivity index (χ2v) is 3.58. The van der Waals surface area contributed by atoms with Crippen molar-refractivity contribution in [3.8, 4) is 0 Å². The monoisotopic (exact) mass is 250 g/mol. The predicted octanol–water partition coefficient (Wildman–Crippen LogP) is 3.31. The van der Waals surface area contributed by atoms with Gasteiger partial charge in [-0.3, -0.25) is 4.79 Å². The van der Waals surface area contributed by atoms with Gasteiger partial charge in [0, 0.05) is 18.9 Å². The van der Waals surface area contributed by atoms with E-state index in [9.17, 15) is 22.4 Å². The van der Waals surface area contributed by atoms with Crippen LogP contribution in [0.4, 0.5) is 17.6 Å². The molecule has 0 aliphatic carbocycles. The van der Waals surface area contributed by atoms with Gasteiger partial charge >= 0.3 is 5.97 Å². The van der Waals surface area contributed by atoms with E-state index in [1.807, 2.05) is 0 Å². The van der Waals surface area contributed by atoms with Gasteiger partial charge in [0.1, 0.15) is 11.6 Å². The minimum Gasteiger partial charge on any atom is -0.481 e. The Morgan fingerprint density at radius 2 is 1.94 bits per heavy atom. The lowest BCUT2D eigenvalue weighted by Crippen LogP contribution is -2.16. The second-order valence-electron chi connectivity index (χ2n) is 3.58. The van der Waals surface area contributed by atoms with Crippen LogP contribution in [0.3, 0.4) is 0 Å². The van der Waals surface area contributed by atoms with Crippen LogP contribution < -0.4 is 0 Å². The van der Waals surface area contributed by atoms with Crippen molar-refractivity contribution in [2.24, 2.45) is 0 Å². The summed E-state index contributed by atoms with van der Waals surface area (Å²) in [6.45, 7) is 0. The minimum absolute atomic E-state index is 0.279. The van der Waals surface area contributed by atoms with Crippen LogP contribution in [0.2, 0.25) is 0 Å². The van der Waals surface area contributed by atoms with E-state index in [1.54, 1.807) is 0 Å². The third-order valence-electron chi connectivity index (χ3n) is 2.21. The summed E-state index contributed by atoms with van der Waals surface area (Å²) in [5.74, 6) is -6.95. The summed E-state index contributed by atoms with van der Waals surface area (Å²) in [5, 5.41) is 8.30. The molecule has 17 heavy (non-hydrogen) atoms. The largest absolute Gasteiger partial charge is 0.481 e. The van der Waals surface area contributed by atoms with Gasteiger partial charge < -0.3 is 5.11 Å². The predicted molar refractivity (Wildman–Crippen MR) is 51.7 cm³/mol. The van der Waals surface area contributed by atoms with Crippen LogP contribution in [0, 0.1) is 11.6 Å². The Bertz CT molecular complexity index is 418. The summed E-state index contributed by atoms with van der Waals surface area (Å²) in [4.78, 5) is 10.2. The standard InChI is InChI=1S/C11H10F4O2/c12-7-3-4-8(9(13)6-7)11(14,15)5-1-2-10(16)17/h3-4,6H,1-2,5H2,(H,16,17). The number of halogens is 4. The fourth-order valence-corrected chi connectivity index (χ4v) is 1.38. The molecular formula is C11H10F4O2. The summed E-state index contributed by atoms with van der Waals surface area (Å²) in [7, 11) is 0. The van der Waals surface area contributed by atoms with Crippen LogP contribution in [0.1, 0.15) is 24.8 Å². The van der Waals surface area contributed by atoms with Crippen molar-refractivity contribution in [3.63, 3.8) is 0 Å². The molecule has 0 amide bonds. The van der Waals surface area contributed by atoms with Crippen molar-refractivity contribution in [2.45, 2.75) is 25.2 Å². The smallest absolute Gasteiger partial charge is 0.303 e. The Kier molecular flexibility index (Phi) is 4.09. The molecule has 1 N–H and O–H groups in total. The highest BCUT2D eigenvalue weighted by Crippen LogP contribution is 2.35. The molecule has 0 atom stereocenters. The Balaban J connectivity index is 2.78. The number of rotatable bonds is 5. The molecule has 0 saturated carbocycles. The van der Waals surface area contributed by atoms with Gasteiger partial charge in [-0.2, -0.15) is 0 Å². The Morgan fingerprint density at radius 3 is 2.47 bits per heavy atom. The molecule has 0 aliphatic rings. The average molecular weight is 250 g/mol. The SMILES string of the molecule is O=C(O)CCCC(F)(F)c1ccc(F)cc1F. The number of carbonyl (C=O) groups is 1. The van der Waals surface area contributed by atoms with Crippen molar-refractivity contribution in [2.75, 3.05) is 0 Å². The number of carboxylic acid groups (broad SMARTS) is 1. The number of aliphatic carboxylic acids is 1. The highest BCUT2D eigenvalue weighted by Gasteiger charge is 2.34. The fourth-order valence-electron chi connectivity index (χ4n) is 1.38. The number of carboxylic acids is 1. The zero-order valence-electron chi connectivity index (χ0n) is 8.72. The third kappa shape index (κ3) is 3.72. The molecule has 1 aromatic rings. The Hall–Kier alpha value is -1.59. The molecule has 0 fully saturated rings. The van der Waals surface area contributed by atoms with Crippen LogP contribution in [0.5, 0.6) is 0 Å². The van der Waals surface area contributed by atoms with Gasteiger partial charge in [0.15, 0.2) is 0 Å². The molecule has 1 aromatic carbocycles. The van der Waals surface area contributed by atoms with Crippen molar-refractivity contribution < 1.29 is 27.5 Å². The van der Waals surface area contributed by atoms with Crippen LogP contribution in [0.15, 0.2) is 18.2 Å². The fraction of sp³-hybridized carbons (Fsp3) is 0.364. The van der Waals surface area contributed by atoms with Crippen LogP contribution >= 0.6 is 0 Å². The van der Waals surface area contributed by atoms with Gasteiger partial charge in [-0.15, -0.1) is 0 Å². The lowest BCUT2D eigenvalue weighted by molar-refractivity contribution is -0.137. The number of hydrogen-bond acceptors (Lipinski definition) is 1. The van der Waals surface area contributed by atoms with Crippen molar-refractivity contribution in [1.29, 1.82) is 0 Å². The second kappa shape index (κ2) is 5.16. The van der Waals surface area contributed by atoms with E-state index in [0.29, 0.717) is 12.1 Å². The normalized spacial score (nSPS) is 11.5. The van der Waals surface area contributed by atoms with Gasteiger partial charge in [-0.25, -0.2) is 17.6 Å². The summed E-state index contributed by atoms with van der Waals surface area (Å²) >= 11 is 0. The molecule has 1 rings (SSSR count). The maximum Gasteiger partial charge on any atom is 0.303 e. The van der Waals surface area contributed by atoms with Gasteiger partial charge in [-0.1, -0.05) is 0 Å². The number of benzene rings is 1. The van der Waals surface area contributed by atoms with E-state index >= 15 is 0 Å². The molecule has 0 unspecified atom stereocenters. The van der Waals surface area contributed by atoms with E-state index < -0.39 is 41.9 Å². The summed E-state index contributed by atoms with van der Waals surface area (Å²) in [5.41, 5.74) is -0.913. The van der Waals surface area contributed by atoms with Gasteiger partial charge in [0.2, 0.25) is 0 Å². The van der Waals surface area contributed by atoms with E-state index in [0.717, 1.165) is 6.07 Å². The van der Waals surface area contributed by atoms with Crippen molar-refractivity contribution in [3.05, 3.63) is 35.4 Å². The quantitative estimate of drug-likeness (QED) is 0.814. The molecule has 0 aliphatic heterocycles. The van der Waals surface area contributed by atoms with E-state index in [-0.39, 0.29) is 6.42 Å². The lowest BCUT2D eigenvalue weighted by atomic mass is 10.0. The highest BCUT2D eigenvalue weighted by molar-refractivity contribution is 5.66. The average Bonchev–Trinajstić information content (AvgIpc) is 2.15.